The van der Waals surface area contributed by atoms with Crippen LogP contribution in [0.25, 0.3) is 11.2 Å². The zero-order valence-electron chi connectivity index (χ0n) is 9.09. The van der Waals surface area contributed by atoms with Gasteiger partial charge in [0.1, 0.15) is 5.52 Å². The van der Waals surface area contributed by atoms with Crippen LogP contribution in [0.5, 0.6) is 0 Å². The van der Waals surface area contributed by atoms with E-state index >= 15 is 0 Å². The Morgan fingerprint density at radius 2 is 2.11 bits per heavy atom. The second-order valence-corrected chi connectivity index (χ2v) is 4.39. The maximum Gasteiger partial charge on any atom is 0.225 e. The molecule has 0 aliphatic rings. The highest BCUT2D eigenvalue weighted by molar-refractivity contribution is 6.35. The molecule has 0 saturated heterocycles. The number of imidazole rings is 1. The van der Waals surface area contributed by atoms with Crippen LogP contribution in [-0.4, -0.2) is 24.5 Å². The van der Waals surface area contributed by atoms with Crippen molar-refractivity contribution in [2.45, 2.75) is 6.54 Å². The molecular weight excluding hydrogens is 273 g/mol. The summed E-state index contributed by atoms with van der Waals surface area (Å²) in [5.74, 6) is 0. The first kappa shape index (κ1) is 11.4. The highest BCUT2D eigenvalue weighted by Crippen LogP contribution is 2.21. The molecule has 0 unspecified atom stereocenters. The Morgan fingerprint density at radius 3 is 2.89 bits per heavy atom. The molecule has 0 N–H and O–H groups in total. The lowest BCUT2D eigenvalue weighted by molar-refractivity contribution is 0.809. The normalized spacial score (nSPS) is 11.0. The number of halogens is 2. The van der Waals surface area contributed by atoms with Crippen molar-refractivity contribution >= 4 is 34.4 Å². The highest BCUT2D eigenvalue weighted by Gasteiger charge is 2.11. The Balaban J connectivity index is 2.08. The van der Waals surface area contributed by atoms with Gasteiger partial charge in [-0.1, -0.05) is 17.7 Å². The fourth-order valence-electron chi connectivity index (χ4n) is 1.69. The van der Waals surface area contributed by atoms with Crippen molar-refractivity contribution in [3.8, 4) is 0 Å². The number of fused-ring (bicyclic) bond motifs is 1. The molecule has 0 amide bonds. The largest absolute Gasteiger partial charge is 0.311 e. The molecular formula is C11H7Cl2N5. The topological polar surface area (TPSA) is 56.5 Å². The van der Waals surface area contributed by atoms with Gasteiger partial charge in [-0.05, 0) is 23.2 Å². The summed E-state index contributed by atoms with van der Waals surface area (Å²) in [6.07, 6.45) is 5.18. The van der Waals surface area contributed by atoms with Gasteiger partial charge in [0.25, 0.3) is 0 Å². The minimum Gasteiger partial charge on any atom is -0.311 e. The van der Waals surface area contributed by atoms with Crippen molar-refractivity contribution in [1.29, 1.82) is 0 Å². The van der Waals surface area contributed by atoms with Crippen LogP contribution in [0.3, 0.4) is 0 Å². The first-order valence-electron chi connectivity index (χ1n) is 5.17. The standard InChI is InChI=1S/C11H7Cl2N5/c12-9-8-10(17-11(13)16-9)18(6-15-8)5-7-2-1-3-14-4-7/h1-4,6H,5H2. The third-order valence-corrected chi connectivity index (χ3v) is 2.90. The molecule has 0 atom stereocenters. The summed E-state index contributed by atoms with van der Waals surface area (Å²) in [6, 6.07) is 3.85. The predicted octanol–water partition coefficient (Wildman–Crippen LogP) is 2.58. The molecule has 0 fully saturated rings. The van der Waals surface area contributed by atoms with E-state index in [9.17, 15) is 0 Å². The molecule has 0 aliphatic heterocycles. The predicted molar refractivity (Wildman–Crippen MR) is 68.7 cm³/mol. The van der Waals surface area contributed by atoms with E-state index in [-0.39, 0.29) is 10.4 Å². The van der Waals surface area contributed by atoms with E-state index in [2.05, 4.69) is 19.9 Å². The molecule has 5 nitrogen and oxygen atoms in total. The van der Waals surface area contributed by atoms with Gasteiger partial charge in [-0.25, -0.2) is 9.97 Å². The van der Waals surface area contributed by atoms with Gasteiger partial charge in [0, 0.05) is 12.4 Å². The summed E-state index contributed by atoms with van der Waals surface area (Å²) in [5, 5.41) is 0.371. The van der Waals surface area contributed by atoms with Gasteiger partial charge in [0.2, 0.25) is 5.28 Å². The average Bonchev–Trinajstić information content (AvgIpc) is 2.74. The maximum absolute atomic E-state index is 5.95. The summed E-state index contributed by atoms with van der Waals surface area (Å²) in [4.78, 5) is 16.2. The molecule has 3 heterocycles. The van der Waals surface area contributed by atoms with Crippen LogP contribution in [0.2, 0.25) is 10.4 Å². The van der Waals surface area contributed by atoms with Crippen LogP contribution in [-0.2, 0) is 6.54 Å². The monoisotopic (exact) mass is 279 g/mol. The number of hydrogen-bond donors (Lipinski definition) is 0. The fraction of sp³-hybridized carbons (Fsp3) is 0.0909. The molecule has 0 aromatic carbocycles. The lowest BCUT2D eigenvalue weighted by Crippen LogP contribution is -2.00. The first-order chi connectivity index (χ1) is 8.74. The summed E-state index contributed by atoms with van der Waals surface area (Å²) < 4.78 is 1.85. The number of hydrogen-bond acceptors (Lipinski definition) is 4. The van der Waals surface area contributed by atoms with Gasteiger partial charge in [0.05, 0.1) is 12.9 Å². The molecule has 7 heteroatoms. The van der Waals surface area contributed by atoms with Crippen molar-refractivity contribution < 1.29 is 0 Å². The van der Waals surface area contributed by atoms with Gasteiger partial charge in [-0.15, -0.1) is 0 Å². The van der Waals surface area contributed by atoms with Crippen LogP contribution in [0.15, 0.2) is 30.9 Å². The van der Waals surface area contributed by atoms with Crippen LogP contribution >= 0.6 is 23.2 Å². The number of rotatable bonds is 2. The molecule has 0 spiro atoms. The Kier molecular flexibility index (Phi) is 2.85. The lowest BCUT2D eigenvalue weighted by Gasteiger charge is -2.03. The second-order valence-electron chi connectivity index (χ2n) is 3.69. The van der Waals surface area contributed by atoms with Crippen LogP contribution in [0.4, 0.5) is 0 Å². The second kappa shape index (κ2) is 4.51. The molecule has 3 aromatic rings. The van der Waals surface area contributed by atoms with Crippen LogP contribution in [0, 0.1) is 0 Å². The van der Waals surface area contributed by atoms with E-state index in [1.165, 1.54) is 0 Å². The zero-order valence-corrected chi connectivity index (χ0v) is 10.6. The van der Waals surface area contributed by atoms with Crippen molar-refractivity contribution in [2.24, 2.45) is 0 Å². The van der Waals surface area contributed by atoms with E-state index in [0.29, 0.717) is 17.7 Å². The Labute approximate surface area is 112 Å². The van der Waals surface area contributed by atoms with Crippen molar-refractivity contribution in [2.75, 3.05) is 0 Å². The minimum absolute atomic E-state index is 0.112. The van der Waals surface area contributed by atoms with Gasteiger partial charge >= 0.3 is 0 Å². The number of aromatic nitrogens is 5. The van der Waals surface area contributed by atoms with Gasteiger partial charge in [0.15, 0.2) is 10.8 Å². The molecule has 3 rings (SSSR count). The third kappa shape index (κ3) is 2.02. The maximum atomic E-state index is 5.95. The van der Waals surface area contributed by atoms with Gasteiger partial charge in [-0.2, -0.15) is 4.98 Å². The summed E-state index contributed by atoms with van der Waals surface area (Å²) >= 11 is 11.8. The smallest absolute Gasteiger partial charge is 0.225 e. The van der Waals surface area contributed by atoms with Gasteiger partial charge in [-0.3, -0.25) is 4.98 Å². The SMILES string of the molecule is Clc1nc(Cl)c2ncn(Cc3cccnc3)c2n1. The Hall–Kier alpha value is -1.72. The van der Waals surface area contributed by atoms with E-state index in [0.717, 1.165) is 5.56 Å². The minimum atomic E-state index is 0.112. The Morgan fingerprint density at radius 1 is 1.22 bits per heavy atom. The fourth-order valence-corrected chi connectivity index (χ4v) is 2.11. The van der Waals surface area contributed by atoms with Crippen LogP contribution < -0.4 is 0 Å². The van der Waals surface area contributed by atoms with Crippen molar-refractivity contribution in [3.63, 3.8) is 0 Å². The number of pyridine rings is 1. The summed E-state index contributed by atoms with van der Waals surface area (Å²) in [5.41, 5.74) is 2.21. The van der Waals surface area contributed by atoms with E-state index in [4.69, 9.17) is 23.2 Å². The van der Waals surface area contributed by atoms with E-state index in [1.54, 1.807) is 18.7 Å². The quantitative estimate of drug-likeness (QED) is 0.534. The zero-order chi connectivity index (χ0) is 12.5. The van der Waals surface area contributed by atoms with Crippen LogP contribution in [0.1, 0.15) is 5.56 Å². The molecule has 0 radical (unpaired) electrons. The average molecular weight is 280 g/mol. The summed E-state index contributed by atoms with van der Waals surface area (Å²) in [6.45, 7) is 0.605. The third-order valence-electron chi connectivity index (χ3n) is 2.47. The molecule has 0 aliphatic carbocycles. The highest BCUT2D eigenvalue weighted by atomic mass is 35.5. The molecule has 90 valence electrons. The molecule has 18 heavy (non-hydrogen) atoms. The number of nitrogens with zero attached hydrogens (tertiary/aromatic N) is 5. The van der Waals surface area contributed by atoms with Crippen molar-refractivity contribution in [3.05, 3.63) is 46.9 Å². The Bertz CT molecular complexity index is 695. The van der Waals surface area contributed by atoms with E-state index in [1.807, 2.05) is 16.7 Å². The van der Waals surface area contributed by atoms with E-state index < -0.39 is 0 Å². The molecule has 0 saturated carbocycles. The summed E-state index contributed by atoms with van der Waals surface area (Å²) in [7, 11) is 0. The lowest BCUT2D eigenvalue weighted by atomic mass is 10.3. The first-order valence-corrected chi connectivity index (χ1v) is 5.92. The molecule has 3 aromatic heterocycles. The molecule has 0 bridgehead atoms. The van der Waals surface area contributed by atoms with Crippen molar-refractivity contribution in [1.82, 2.24) is 24.5 Å². The van der Waals surface area contributed by atoms with Gasteiger partial charge < -0.3 is 4.57 Å².